The third-order valence-corrected chi connectivity index (χ3v) is 7.12. The number of fused-ring (bicyclic) bond motifs is 1. The van der Waals surface area contributed by atoms with E-state index in [0.717, 1.165) is 48.1 Å². The second-order valence-corrected chi connectivity index (χ2v) is 9.03. The molecule has 160 valence electrons. The van der Waals surface area contributed by atoms with E-state index >= 15 is 0 Å². The summed E-state index contributed by atoms with van der Waals surface area (Å²) in [7, 11) is 1.72. The topological polar surface area (TPSA) is 65.2 Å². The standard InChI is InChI=1S/C27H30N2O2/c1-31-25-15-14-21(23-4-2-3-5-24(23)25)17-8-10-19(11-9-17)27(30)26-22(18-6-7-18)13-12-20(16-28)29-26/h2-5,12-15,17-19H,6-11,16,28H2,1H3. The number of Topliss-reactive ketones (excluding diaryl/α,β-unsaturated/α-hetero) is 1. The number of aromatic nitrogens is 1. The summed E-state index contributed by atoms with van der Waals surface area (Å²) in [4.78, 5) is 18.1. The quantitative estimate of drug-likeness (QED) is 0.523. The van der Waals surface area contributed by atoms with Crippen molar-refractivity contribution in [2.45, 2.75) is 56.9 Å². The Labute approximate surface area is 183 Å². The first-order chi connectivity index (χ1) is 15.2. The van der Waals surface area contributed by atoms with Crippen LogP contribution in [-0.2, 0) is 6.54 Å². The Kier molecular flexibility index (Phi) is 5.49. The molecular formula is C27H30N2O2. The van der Waals surface area contributed by atoms with Crippen molar-refractivity contribution >= 4 is 16.6 Å². The second-order valence-electron chi connectivity index (χ2n) is 9.03. The number of benzene rings is 2. The van der Waals surface area contributed by atoms with Gasteiger partial charge in [0.2, 0.25) is 0 Å². The molecule has 3 aromatic rings. The summed E-state index contributed by atoms with van der Waals surface area (Å²) in [6.45, 7) is 0.377. The van der Waals surface area contributed by atoms with Crippen LogP contribution in [-0.4, -0.2) is 17.9 Å². The van der Waals surface area contributed by atoms with Gasteiger partial charge in [-0.15, -0.1) is 0 Å². The molecule has 5 rings (SSSR count). The van der Waals surface area contributed by atoms with Gasteiger partial charge in [0.15, 0.2) is 5.78 Å². The SMILES string of the molecule is COc1ccc(C2CCC(C(=O)c3nc(CN)ccc3C3CC3)CC2)c2ccccc12. The van der Waals surface area contributed by atoms with Crippen molar-refractivity contribution in [3.8, 4) is 5.75 Å². The molecule has 1 aromatic heterocycles. The van der Waals surface area contributed by atoms with Crippen LogP contribution in [0.3, 0.4) is 0 Å². The molecule has 2 N–H and O–H groups in total. The number of carbonyl (C=O) groups excluding carboxylic acids is 1. The van der Waals surface area contributed by atoms with Crippen molar-refractivity contribution in [2.24, 2.45) is 11.7 Å². The number of nitrogens with zero attached hydrogens (tertiary/aromatic N) is 1. The number of methoxy groups -OCH3 is 1. The highest BCUT2D eigenvalue weighted by atomic mass is 16.5. The number of pyridine rings is 1. The molecule has 2 saturated carbocycles. The van der Waals surface area contributed by atoms with Crippen LogP contribution in [0.4, 0.5) is 0 Å². The molecule has 0 spiro atoms. The number of ketones is 1. The third-order valence-electron chi connectivity index (χ3n) is 7.12. The lowest BCUT2D eigenvalue weighted by atomic mass is 9.75. The maximum atomic E-state index is 13.4. The lowest BCUT2D eigenvalue weighted by molar-refractivity contribution is 0.0877. The highest BCUT2D eigenvalue weighted by molar-refractivity contribution is 5.98. The maximum Gasteiger partial charge on any atom is 0.184 e. The highest BCUT2D eigenvalue weighted by Gasteiger charge is 2.34. The van der Waals surface area contributed by atoms with Gasteiger partial charge < -0.3 is 10.5 Å². The Morgan fingerprint density at radius 2 is 1.55 bits per heavy atom. The predicted octanol–water partition coefficient (Wildman–Crippen LogP) is 5.74. The van der Waals surface area contributed by atoms with E-state index in [1.165, 1.54) is 23.8 Å². The molecule has 2 aliphatic carbocycles. The number of carbonyl (C=O) groups is 1. The average molecular weight is 415 g/mol. The molecular weight excluding hydrogens is 384 g/mol. The zero-order chi connectivity index (χ0) is 21.4. The summed E-state index contributed by atoms with van der Waals surface area (Å²) in [5.41, 5.74) is 9.84. The van der Waals surface area contributed by atoms with E-state index in [1.54, 1.807) is 7.11 Å². The first kappa shape index (κ1) is 20.2. The van der Waals surface area contributed by atoms with Crippen LogP contribution < -0.4 is 10.5 Å². The van der Waals surface area contributed by atoms with Gasteiger partial charge in [0.25, 0.3) is 0 Å². The van der Waals surface area contributed by atoms with Gasteiger partial charge in [0.05, 0.1) is 12.8 Å². The summed E-state index contributed by atoms with van der Waals surface area (Å²) in [6.07, 6.45) is 6.23. The number of ether oxygens (including phenoxy) is 1. The summed E-state index contributed by atoms with van der Waals surface area (Å²) < 4.78 is 5.56. The van der Waals surface area contributed by atoms with Crippen molar-refractivity contribution < 1.29 is 9.53 Å². The summed E-state index contributed by atoms with van der Waals surface area (Å²) in [5.74, 6) is 2.21. The molecule has 0 saturated heterocycles. The molecule has 1 heterocycles. The van der Waals surface area contributed by atoms with Gasteiger partial charge in [-0.25, -0.2) is 4.98 Å². The van der Waals surface area contributed by atoms with E-state index in [1.807, 2.05) is 6.07 Å². The molecule has 2 aliphatic rings. The molecule has 2 aromatic carbocycles. The van der Waals surface area contributed by atoms with Crippen LogP contribution in [0.5, 0.6) is 5.75 Å². The van der Waals surface area contributed by atoms with Gasteiger partial charge in [0.1, 0.15) is 11.4 Å². The molecule has 0 bridgehead atoms. The summed E-state index contributed by atoms with van der Waals surface area (Å²) in [6, 6.07) is 16.8. The fraction of sp³-hybridized carbons (Fsp3) is 0.407. The Morgan fingerprint density at radius 1 is 0.903 bits per heavy atom. The fourth-order valence-corrected chi connectivity index (χ4v) is 5.23. The molecule has 0 aliphatic heterocycles. The van der Waals surface area contributed by atoms with E-state index in [2.05, 4.69) is 47.4 Å². The fourth-order valence-electron chi connectivity index (χ4n) is 5.23. The minimum absolute atomic E-state index is 0.0683. The van der Waals surface area contributed by atoms with E-state index in [-0.39, 0.29) is 11.7 Å². The Balaban J connectivity index is 1.36. The van der Waals surface area contributed by atoms with Crippen LogP contribution in [0.1, 0.15) is 77.7 Å². The average Bonchev–Trinajstić information content (AvgIpc) is 3.68. The minimum Gasteiger partial charge on any atom is -0.496 e. The minimum atomic E-state index is 0.0683. The van der Waals surface area contributed by atoms with Gasteiger partial charge in [0, 0.05) is 17.8 Å². The largest absolute Gasteiger partial charge is 0.496 e. The molecule has 0 atom stereocenters. The molecule has 4 nitrogen and oxygen atoms in total. The lowest BCUT2D eigenvalue weighted by Gasteiger charge is -2.29. The van der Waals surface area contributed by atoms with E-state index in [4.69, 9.17) is 10.5 Å². The smallest absolute Gasteiger partial charge is 0.184 e. The first-order valence-electron chi connectivity index (χ1n) is 11.5. The second kappa shape index (κ2) is 8.43. The van der Waals surface area contributed by atoms with Gasteiger partial charge in [-0.1, -0.05) is 36.4 Å². The monoisotopic (exact) mass is 414 g/mol. The van der Waals surface area contributed by atoms with Crippen LogP contribution in [0.15, 0.2) is 48.5 Å². The van der Waals surface area contributed by atoms with Crippen molar-refractivity contribution in [1.82, 2.24) is 4.98 Å². The van der Waals surface area contributed by atoms with Crippen LogP contribution in [0.2, 0.25) is 0 Å². The lowest BCUT2D eigenvalue weighted by Crippen LogP contribution is -2.24. The molecule has 31 heavy (non-hydrogen) atoms. The maximum absolute atomic E-state index is 13.4. The summed E-state index contributed by atoms with van der Waals surface area (Å²) >= 11 is 0. The number of hydrogen-bond donors (Lipinski definition) is 1. The molecule has 2 fully saturated rings. The van der Waals surface area contributed by atoms with Crippen LogP contribution in [0.25, 0.3) is 10.8 Å². The van der Waals surface area contributed by atoms with Crippen LogP contribution >= 0.6 is 0 Å². The normalized spacial score (nSPS) is 21.2. The number of nitrogens with two attached hydrogens (primary N) is 1. The Bertz CT molecular complexity index is 1110. The highest BCUT2D eigenvalue weighted by Crippen LogP contribution is 2.44. The van der Waals surface area contributed by atoms with E-state index in [9.17, 15) is 4.79 Å². The van der Waals surface area contributed by atoms with Crippen LogP contribution in [0, 0.1) is 5.92 Å². The number of hydrogen-bond acceptors (Lipinski definition) is 4. The summed E-state index contributed by atoms with van der Waals surface area (Å²) in [5, 5.41) is 2.43. The van der Waals surface area contributed by atoms with Crippen molar-refractivity contribution in [2.75, 3.05) is 7.11 Å². The first-order valence-corrected chi connectivity index (χ1v) is 11.5. The Hall–Kier alpha value is -2.72. The van der Waals surface area contributed by atoms with E-state index in [0.29, 0.717) is 24.1 Å². The van der Waals surface area contributed by atoms with Gasteiger partial charge in [-0.3, -0.25) is 4.79 Å². The van der Waals surface area contributed by atoms with Gasteiger partial charge in [-0.05, 0) is 79.0 Å². The van der Waals surface area contributed by atoms with Crippen molar-refractivity contribution in [1.29, 1.82) is 0 Å². The zero-order valence-corrected chi connectivity index (χ0v) is 18.1. The predicted molar refractivity (Wildman–Crippen MR) is 124 cm³/mol. The van der Waals surface area contributed by atoms with Crippen molar-refractivity contribution in [3.63, 3.8) is 0 Å². The molecule has 4 heteroatoms. The van der Waals surface area contributed by atoms with Gasteiger partial charge >= 0.3 is 0 Å². The zero-order valence-electron chi connectivity index (χ0n) is 18.1. The van der Waals surface area contributed by atoms with Gasteiger partial charge in [-0.2, -0.15) is 0 Å². The molecule has 0 radical (unpaired) electrons. The Morgan fingerprint density at radius 3 is 2.23 bits per heavy atom. The molecule has 0 unspecified atom stereocenters. The molecule has 0 amide bonds. The third kappa shape index (κ3) is 3.85. The van der Waals surface area contributed by atoms with Crippen molar-refractivity contribution in [3.05, 3.63) is 71.0 Å². The number of rotatable bonds is 6. The van der Waals surface area contributed by atoms with E-state index < -0.39 is 0 Å².